The molecule has 0 amide bonds. The Morgan fingerprint density at radius 3 is 2.50 bits per heavy atom. The third kappa shape index (κ3) is 3.86. The van der Waals surface area contributed by atoms with Gasteiger partial charge >= 0.3 is 0 Å². The van der Waals surface area contributed by atoms with E-state index in [1.165, 1.54) is 19.3 Å². The largest absolute Gasteiger partial charge is 0.392 e. The van der Waals surface area contributed by atoms with E-state index < -0.39 is 0 Å². The van der Waals surface area contributed by atoms with Crippen molar-refractivity contribution in [3.8, 4) is 0 Å². The van der Waals surface area contributed by atoms with Gasteiger partial charge in [-0.05, 0) is 49.9 Å². The highest BCUT2D eigenvalue weighted by Gasteiger charge is 2.15. The summed E-state index contributed by atoms with van der Waals surface area (Å²) in [7, 11) is 0. The molecule has 1 fully saturated rings. The van der Waals surface area contributed by atoms with Gasteiger partial charge in [-0.3, -0.25) is 4.98 Å². The van der Waals surface area contributed by atoms with E-state index in [-0.39, 0.29) is 6.10 Å². The summed E-state index contributed by atoms with van der Waals surface area (Å²) in [4.78, 5) is 9.99. The number of halogens is 1. The topological polar surface area (TPSA) is 34.5 Å². The molecule has 1 aromatic heterocycles. The first-order chi connectivity index (χ1) is 10.8. The molecule has 0 atom stereocenters. The summed E-state index contributed by atoms with van der Waals surface area (Å²) in [5.74, 6) is 0. The summed E-state index contributed by atoms with van der Waals surface area (Å²) < 4.78 is 0. The minimum absolute atomic E-state index is 0.229. The lowest BCUT2D eigenvalue weighted by molar-refractivity contribution is 0.0332. The Morgan fingerprint density at radius 1 is 1.05 bits per heavy atom. The lowest BCUT2D eigenvalue weighted by Gasteiger charge is -2.20. The summed E-state index contributed by atoms with van der Waals surface area (Å²) in [5, 5.41) is 5.16. The van der Waals surface area contributed by atoms with E-state index in [0.717, 1.165) is 29.7 Å². The first kappa shape index (κ1) is 15.0. The van der Waals surface area contributed by atoms with Gasteiger partial charge in [-0.2, -0.15) is 0 Å². The molecule has 114 valence electrons. The molecule has 0 saturated heterocycles. The molecule has 1 aromatic carbocycles. The zero-order valence-corrected chi connectivity index (χ0v) is 13.2. The van der Waals surface area contributed by atoms with E-state index in [1.54, 1.807) is 12.4 Å². The number of hydrogen-bond donors (Lipinski definition) is 0. The number of rotatable bonds is 4. The molecule has 1 aliphatic carbocycles. The Kier molecular flexibility index (Phi) is 5.07. The van der Waals surface area contributed by atoms with Crippen LogP contribution < -0.4 is 0 Å². The van der Waals surface area contributed by atoms with Crippen LogP contribution in [0.25, 0.3) is 0 Å². The number of hydrogen-bond acceptors (Lipinski definition) is 3. The number of oxime groups is 1. The number of nitrogens with zero attached hydrogens (tertiary/aromatic N) is 2. The van der Waals surface area contributed by atoms with Gasteiger partial charge < -0.3 is 4.84 Å². The smallest absolute Gasteiger partial charge is 0.127 e. The van der Waals surface area contributed by atoms with Crippen LogP contribution in [0.15, 0.2) is 53.9 Å². The van der Waals surface area contributed by atoms with E-state index >= 15 is 0 Å². The molecular formula is C18H19ClN2O. The van der Waals surface area contributed by atoms with Gasteiger partial charge in [0.2, 0.25) is 0 Å². The zero-order chi connectivity index (χ0) is 15.2. The molecule has 1 aliphatic rings. The molecule has 4 heteroatoms. The fourth-order valence-corrected chi connectivity index (χ4v) is 2.81. The van der Waals surface area contributed by atoms with E-state index in [1.807, 2.05) is 36.4 Å². The summed E-state index contributed by atoms with van der Waals surface area (Å²) in [6.45, 7) is 0. The average Bonchev–Trinajstić information content (AvgIpc) is 2.58. The summed E-state index contributed by atoms with van der Waals surface area (Å²) in [5.41, 5.74) is 2.73. The van der Waals surface area contributed by atoms with E-state index in [2.05, 4.69) is 10.1 Å². The first-order valence-corrected chi connectivity index (χ1v) is 8.11. The van der Waals surface area contributed by atoms with Crippen molar-refractivity contribution in [3.05, 3.63) is 64.9 Å². The molecule has 3 rings (SSSR count). The third-order valence-corrected chi connectivity index (χ3v) is 4.15. The molecular weight excluding hydrogens is 296 g/mol. The average molecular weight is 315 g/mol. The maximum Gasteiger partial charge on any atom is 0.127 e. The van der Waals surface area contributed by atoms with E-state index in [9.17, 15) is 0 Å². The van der Waals surface area contributed by atoms with Crippen molar-refractivity contribution in [2.75, 3.05) is 0 Å². The van der Waals surface area contributed by atoms with Gasteiger partial charge in [-0.15, -0.1) is 0 Å². The predicted octanol–water partition coefficient (Wildman–Crippen LogP) is 4.84. The molecule has 22 heavy (non-hydrogen) atoms. The highest BCUT2D eigenvalue weighted by molar-refractivity contribution is 6.30. The summed E-state index contributed by atoms with van der Waals surface area (Å²) >= 11 is 5.98. The Balaban J connectivity index is 1.87. The maximum absolute atomic E-state index is 5.98. The minimum atomic E-state index is 0.229. The lowest BCUT2D eigenvalue weighted by Crippen LogP contribution is -2.15. The van der Waals surface area contributed by atoms with Gasteiger partial charge in [0, 0.05) is 28.5 Å². The van der Waals surface area contributed by atoms with Gasteiger partial charge in [0.15, 0.2) is 0 Å². The van der Waals surface area contributed by atoms with Crippen LogP contribution in [-0.2, 0) is 4.84 Å². The van der Waals surface area contributed by atoms with Crippen LogP contribution in [0, 0.1) is 0 Å². The van der Waals surface area contributed by atoms with Crippen molar-refractivity contribution in [1.82, 2.24) is 4.98 Å². The van der Waals surface area contributed by atoms with E-state index in [0.29, 0.717) is 5.02 Å². The fraction of sp³-hybridized carbons (Fsp3) is 0.333. The van der Waals surface area contributed by atoms with Gasteiger partial charge in [0.05, 0.1) is 0 Å². The van der Waals surface area contributed by atoms with Crippen LogP contribution in [0.5, 0.6) is 0 Å². The predicted molar refractivity (Wildman–Crippen MR) is 89.3 cm³/mol. The Hall–Kier alpha value is -1.87. The van der Waals surface area contributed by atoms with Gasteiger partial charge in [-0.1, -0.05) is 35.3 Å². The van der Waals surface area contributed by atoms with Crippen LogP contribution in [-0.4, -0.2) is 16.8 Å². The van der Waals surface area contributed by atoms with E-state index in [4.69, 9.17) is 16.4 Å². The van der Waals surface area contributed by atoms with Gasteiger partial charge in [-0.25, -0.2) is 0 Å². The van der Waals surface area contributed by atoms with Crippen molar-refractivity contribution in [3.63, 3.8) is 0 Å². The summed E-state index contributed by atoms with van der Waals surface area (Å²) in [6.07, 6.45) is 9.72. The monoisotopic (exact) mass is 314 g/mol. The number of pyridine rings is 1. The number of benzene rings is 1. The Labute approximate surface area is 136 Å². The normalized spacial score (nSPS) is 16.5. The second-order valence-electron chi connectivity index (χ2n) is 5.55. The number of aromatic nitrogens is 1. The quantitative estimate of drug-likeness (QED) is 0.598. The second-order valence-corrected chi connectivity index (χ2v) is 5.99. The molecule has 0 N–H and O–H groups in total. The summed E-state index contributed by atoms with van der Waals surface area (Å²) in [6, 6.07) is 11.5. The van der Waals surface area contributed by atoms with Gasteiger partial charge in [0.25, 0.3) is 0 Å². The van der Waals surface area contributed by atoms with Crippen LogP contribution in [0.3, 0.4) is 0 Å². The fourth-order valence-electron chi connectivity index (χ4n) is 2.68. The van der Waals surface area contributed by atoms with Crippen molar-refractivity contribution in [1.29, 1.82) is 0 Å². The molecule has 0 radical (unpaired) electrons. The van der Waals surface area contributed by atoms with Crippen LogP contribution in [0.1, 0.15) is 43.2 Å². The molecule has 0 spiro atoms. The van der Waals surface area contributed by atoms with Crippen LogP contribution in [0.2, 0.25) is 5.02 Å². The van der Waals surface area contributed by atoms with Crippen molar-refractivity contribution >= 4 is 17.3 Å². The van der Waals surface area contributed by atoms with Crippen molar-refractivity contribution in [2.45, 2.75) is 38.2 Å². The maximum atomic E-state index is 5.98. The van der Waals surface area contributed by atoms with Gasteiger partial charge in [0.1, 0.15) is 11.8 Å². The molecule has 0 bridgehead atoms. The molecule has 2 aromatic rings. The third-order valence-electron chi connectivity index (χ3n) is 3.90. The van der Waals surface area contributed by atoms with Crippen molar-refractivity contribution < 1.29 is 4.84 Å². The molecule has 1 heterocycles. The molecule has 0 unspecified atom stereocenters. The second kappa shape index (κ2) is 7.41. The molecule has 1 saturated carbocycles. The molecule has 3 nitrogen and oxygen atoms in total. The minimum Gasteiger partial charge on any atom is -0.392 e. The SMILES string of the molecule is Clc1ccc(C(=NOC2CCCCC2)c2cccnc2)cc1. The first-order valence-electron chi connectivity index (χ1n) is 7.73. The highest BCUT2D eigenvalue weighted by Crippen LogP contribution is 2.21. The van der Waals surface area contributed by atoms with Crippen LogP contribution in [0.4, 0.5) is 0 Å². The van der Waals surface area contributed by atoms with Crippen LogP contribution >= 0.6 is 11.6 Å². The molecule has 0 aliphatic heterocycles. The zero-order valence-electron chi connectivity index (χ0n) is 12.4. The lowest BCUT2D eigenvalue weighted by atomic mass is 9.98. The van der Waals surface area contributed by atoms with Crippen molar-refractivity contribution in [2.24, 2.45) is 5.16 Å². The highest BCUT2D eigenvalue weighted by atomic mass is 35.5. The Bertz CT molecular complexity index is 619. The Morgan fingerprint density at radius 2 is 1.82 bits per heavy atom. The standard InChI is InChI=1S/C18H19ClN2O/c19-16-10-8-14(9-11-16)18(15-5-4-12-20-13-15)21-22-17-6-2-1-3-7-17/h4-5,8-13,17H,1-3,6-7H2.